The Morgan fingerprint density at radius 3 is 0.649 bits per heavy atom. The minimum Gasteiger partial charge on any atom is -0.497 e. The van der Waals surface area contributed by atoms with Crippen LogP contribution in [0.25, 0.3) is 23.0 Å². The molecule has 12 heteroatoms. The van der Waals surface area contributed by atoms with Gasteiger partial charge in [0, 0.05) is 22.3 Å². The lowest BCUT2D eigenvalue weighted by molar-refractivity contribution is -0.437. The molecule has 0 bridgehead atoms. The lowest BCUT2D eigenvalue weighted by atomic mass is 10.2. The smallest absolute Gasteiger partial charge is 0.497 e. The van der Waals surface area contributed by atoms with Crippen molar-refractivity contribution in [1.29, 1.82) is 0 Å². The molecule has 0 saturated heterocycles. The summed E-state index contributed by atoms with van der Waals surface area (Å²) in [5.41, 5.74) is 6.19. The molecule has 0 aliphatic rings. The number of rotatable bonds is 28. The van der Waals surface area contributed by atoms with Crippen LogP contribution >= 0.6 is 0 Å². The summed E-state index contributed by atoms with van der Waals surface area (Å²) in [6.07, 6.45) is 2.90. The van der Waals surface area contributed by atoms with Gasteiger partial charge in [-0.05, 0) is 119 Å². The van der Waals surface area contributed by atoms with E-state index in [0.29, 0.717) is 45.3 Å². The summed E-state index contributed by atoms with van der Waals surface area (Å²) in [7, 11) is 6.42. The molecule has 0 aliphatic carbocycles. The van der Waals surface area contributed by atoms with Crippen LogP contribution in [0.5, 0.6) is 23.0 Å². The Morgan fingerprint density at radius 1 is 0.273 bits per heavy atom. The van der Waals surface area contributed by atoms with Crippen molar-refractivity contribution in [2.75, 3.05) is 28.4 Å². The monoisotopic (exact) mass is 1030 g/mol. The van der Waals surface area contributed by atoms with Gasteiger partial charge in [0.2, 0.25) is 0 Å². The van der Waals surface area contributed by atoms with E-state index >= 15 is 0 Å². The molecule has 0 atom stereocenters. The second-order valence-corrected chi connectivity index (χ2v) is 16.9. The van der Waals surface area contributed by atoms with Crippen molar-refractivity contribution in [2.24, 2.45) is 0 Å². The molecule has 0 N–H and O–H groups in total. The van der Waals surface area contributed by atoms with Crippen molar-refractivity contribution in [3.63, 3.8) is 0 Å². The molecular weight excluding hydrogens is 973 g/mol. The standard InChI is InChI=1S/C65H60O12/c1-66-57-33-25-53(26-34-57)61(70-41-49-17-9-5-10-18-49)45-74-65(75-46-62(54-27-35-58(67-2)36-28-54)71-42-50-19-11-6-12-20-50,76-47-63(55-29-37-59(68-3)38-30-55)72-43-51-21-13-7-14-22-51)77-48-64(56-31-39-60(69-4)40-32-56)73-44-52-23-15-8-16-24-52/h5-40,45-48H,41-44H2,1-4H3. The Bertz CT molecular complexity index is 2690. The van der Waals surface area contributed by atoms with Gasteiger partial charge in [0.25, 0.3) is 0 Å². The van der Waals surface area contributed by atoms with E-state index in [0.717, 1.165) is 22.3 Å². The van der Waals surface area contributed by atoms with Gasteiger partial charge in [-0.3, -0.25) is 0 Å². The van der Waals surface area contributed by atoms with Crippen molar-refractivity contribution in [1.82, 2.24) is 0 Å². The maximum absolute atomic E-state index is 6.80. The van der Waals surface area contributed by atoms with E-state index in [2.05, 4.69) is 0 Å². The molecule has 77 heavy (non-hydrogen) atoms. The van der Waals surface area contributed by atoms with Gasteiger partial charge in [-0.2, -0.15) is 0 Å². The molecule has 0 radical (unpaired) electrons. The van der Waals surface area contributed by atoms with E-state index in [1.165, 1.54) is 25.0 Å². The highest BCUT2D eigenvalue weighted by Gasteiger charge is 2.41. The van der Waals surface area contributed by atoms with Crippen LogP contribution in [0.4, 0.5) is 0 Å². The SMILES string of the molecule is COc1ccc(C(=COC(OC=C(OCc2ccccc2)c2ccc(OC)cc2)(OC=C(OCc2ccccc2)c2ccc(OC)cc2)OC=C(OCc2ccccc2)c2ccc(OC)cc2)OCc2ccccc2)cc1. The zero-order chi connectivity index (χ0) is 53.3. The lowest BCUT2D eigenvalue weighted by Gasteiger charge is -2.29. The van der Waals surface area contributed by atoms with Crippen LogP contribution in [-0.4, -0.2) is 34.6 Å². The highest BCUT2D eigenvalue weighted by Crippen LogP contribution is 2.32. The van der Waals surface area contributed by atoms with Crippen molar-refractivity contribution >= 4 is 23.0 Å². The molecule has 0 heterocycles. The number of hydrogen-bond donors (Lipinski definition) is 0. The average Bonchev–Trinajstić information content (AvgIpc) is 3.50. The highest BCUT2D eigenvalue weighted by atomic mass is 17.0. The zero-order valence-electron chi connectivity index (χ0n) is 43.3. The molecule has 0 aromatic heterocycles. The summed E-state index contributed by atoms with van der Waals surface area (Å²) in [6.45, 7) is 0.707. The van der Waals surface area contributed by atoms with E-state index in [1.54, 1.807) is 28.4 Å². The first-order valence-corrected chi connectivity index (χ1v) is 24.7. The first-order valence-electron chi connectivity index (χ1n) is 24.7. The molecule has 8 aromatic rings. The van der Waals surface area contributed by atoms with E-state index in [-0.39, 0.29) is 49.5 Å². The number of hydrogen-bond acceptors (Lipinski definition) is 12. The summed E-state index contributed by atoms with van der Waals surface area (Å²) >= 11 is 0. The Hall–Kier alpha value is -9.68. The van der Waals surface area contributed by atoms with E-state index in [9.17, 15) is 0 Å². The van der Waals surface area contributed by atoms with E-state index in [4.69, 9.17) is 56.8 Å². The quantitative estimate of drug-likeness (QED) is 0.0344. The van der Waals surface area contributed by atoms with Gasteiger partial charge in [0.1, 0.15) is 74.5 Å². The van der Waals surface area contributed by atoms with Crippen molar-refractivity contribution in [2.45, 2.75) is 32.6 Å². The second kappa shape index (κ2) is 28.1. The minimum atomic E-state index is -2.58. The summed E-state index contributed by atoms with van der Waals surface area (Å²) in [4.78, 5) is 0. The summed E-state index contributed by atoms with van der Waals surface area (Å²) < 4.78 is 75.6. The van der Waals surface area contributed by atoms with Crippen molar-refractivity contribution < 1.29 is 56.8 Å². The lowest BCUT2D eigenvalue weighted by Crippen LogP contribution is -2.37. The fraction of sp³-hybridized carbons (Fsp3) is 0.138. The second-order valence-electron chi connectivity index (χ2n) is 16.9. The first kappa shape index (κ1) is 53.6. The van der Waals surface area contributed by atoms with Crippen LogP contribution in [-0.2, 0) is 64.3 Å². The van der Waals surface area contributed by atoms with Gasteiger partial charge < -0.3 is 56.8 Å². The van der Waals surface area contributed by atoms with Crippen LogP contribution in [0.15, 0.2) is 243 Å². The normalized spacial score (nSPS) is 12.5. The van der Waals surface area contributed by atoms with Gasteiger partial charge in [-0.1, -0.05) is 121 Å². The summed E-state index contributed by atoms with van der Waals surface area (Å²) in [5.74, 6) is 3.73. The molecule has 8 rings (SSSR count). The third kappa shape index (κ3) is 16.2. The fourth-order valence-electron chi connectivity index (χ4n) is 7.37. The van der Waals surface area contributed by atoms with E-state index in [1.807, 2.05) is 218 Å². The first-order chi connectivity index (χ1) is 37.9. The molecule has 12 nitrogen and oxygen atoms in total. The van der Waals surface area contributed by atoms with Crippen LogP contribution in [0.3, 0.4) is 0 Å². The predicted molar refractivity (Wildman–Crippen MR) is 296 cm³/mol. The van der Waals surface area contributed by atoms with Gasteiger partial charge in [0.15, 0.2) is 23.0 Å². The molecule has 0 amide bonds. The van der Waals surface area contributed by atoms with Crippen LogP contribution in [0.2, 0.25) is 0 Å². The Morgan fingerprint density at radius 2 is 0.468 bits per heavy atom. The minimum absolute atomic E-state index is 0.177. The number of ether oxygens (including phenoxy) is 12. The summed E-state index contributed by atoms with van der Waals surface area (Å²) in [5, 5.41) is 0. The van der Waals surface area contributed by atoms with Crippen molar-refractivity contribution in [3.8, 4) is 23.0 Å². The molecule has 392 valence electrons. The largest absolute Gasteiger partial charge is 0.609 e. The molecule has 8 aromatic carbocycles. The van der Waals surface area contributed by atoms with Gasteiger partial charge in [-0.15, -0.1) is 0 Å². The highest BCUT2D eigenvalue weighted by molar-refractivity contribution is 5.62. The molecular formula is C65H60O12. The van der Waals surface area contributed by atoms with Crippen LogP contribution < -0.4 is 18.9 Å². The average molecular weight is 1030 g/mol. The molecule has 0 saturated carbocycles. The molecule has 0 fully saturated rings. The summed E-state index contributed by atoms with van der Waals surface area (Å²) in [6, 6.07) is 68.4. The van der Waals surface area contributed by atoms with Gasteiger partial charge in [-0.25, -0.2) is 0 Å². The third-order valence-corrected chi connectivity index (χ3v) is 11.7. The molecule has 0 unspecified atom stereocenters. The van der Waals surface area contributed by atoms with E-state index < -0.39 is 6.16 Å². The van der Waals surface area contributed by atoms with Gasteiger partial charge in [0.05, 0.1) is 28.4 Å². The Kier molecular flexibility index (Phi) is 19.6. The molecule has 0 spiro atoms. The third-order valence-electron chi connectivity index (χ3n) is 11.7. The zero-order valence-corrected chi connectivity index (χ0v) is 43.3. The Labute approximate surface area is 450 Å². The van der Waals surface area contributed by atoms with Crippen molar-refractivity contribution in [3.05, 3.63) is 288 Å². The van der Waals surface area contributed by atoms with Gasteiger partial charge >= 0.3 is 6.16 Å². The fourth-order valence-corrected chi connectivity index (χ4v) is 7.37. The number of methoxy groups -OCH3 is 4. The maximum Gasteiger partial charge on any atom is 0.609 e. The Balaban J connectivity index is 1.31. The maximum atomic E-state index is 6.80. The topological polar surface area (TPSA) is 111 Å². The van der Waals surface area contributed by atoms with Crippen LogP contribution in [0.1, 0.15) is 44.5 Å². The predicted octanol–water partition coefficient (Wildman–Crippen LogP) is 14.6. The molecule has 0 aliphatic heterocycles. The van der Waals surface area contributed by atoms with Crippen LogP contribution in [0, 0.1) is 0 Å². The number of benzene rings is 8.